The first kappa shape index (κ1) is 39.1. The van der Waals surface area contributed by atoms with Gasteiger partial charge in [-0.25, -0.2) is 59.8 Å². The van der Waals surface area contributed by atoms with Gasteiger partial charge < -0.3 is 49.8 Å². The number of hydrogen-bond acceptors (Lipinski definition) is 18. The lowest BCUT2D eigenvalue weighted by atomic mass is 10.2. The molecule has 0 spiro atoms. The van der Waals surface area contributed by atoms with Gasteiger partial charge in [0.05, 0.1) is 56.7 Å². The molecule has 10 aromatic heterocycles. The Morgan fingerprint density at radius 3 is 1.90 bits per heavy atom. The monoisotopic (exact) mass is 797 g/mol. The molecule has 10 heterocycles. The van der Waals surface area contributed by atoms with Crippen molar-refractivity contribution < 1.29 is 13.9 Å². The van der Waals surface area contributed by atoms with Gasteiger partial charge in [0.15, 0.2) is 40.0 Å². The van der Waals surface area contributed by atoms with Crippen LogP contribution in [0.2, 0.25) is 0 Å². The van der Waals surface area contributed by atoms with Crippen LogP contribution in [0.25, 0.3) is 44.7 Å². The molecule has 59 heavy (non-hydrogen) atoms. The van der Waals surface area contributed by atoms with E-state index in [0.717, 1.165) is 58.0 Å². The van der Waals surface area contributed by atoms with Crippen LogP contribution < -0.4 is 16.0 Å². The van der Waals surface area contributed by atoms with Gasteiger partial charge >= 0.3 is 0 Å². The number of rotatable bonds is 10. The maximum Gasteiger partial charge on any atom is 0.182 e. The number of anilines is 3. The van der Waals surface area contributed by atoms with E-state index in [9.17, 15) is 0 Å². The van der Waals surface area contributed by atoms with E-state index in [-0.39, 0.29) is 6.61 Å². The molecule has 0 aliphatic carbocycles. The summed E-state index contributed by atoms with van der Waals surface area (Å²) in [4.78, 5) is 62.4. The minimum atomic E-state index is 0.0743. The maximum atomic E-state index is 8.83. The number of aromatic nitrogens is 16. The molecular formula is C37H39N19O3. The van der Waals surface area contributed by atoms with Crippen molar-refractivity contribution in [3.05, 3.63) is 116 Å². The molecule has 10 aromatic rings. The van der Waals surface area contributed by atoms with Crippen molar-refractivity contribution in [1.29, 1.82) is 0 Å². The first-order chi connectivity index (χ1) is 29.0. The summed E-state index contributed by atoms with van der Waals surface area (Å²) in [5.74, 6) is 3.81. The Labute approximate surface area is 334 Å². The third kappa shape index (κ3) is 10.0. The van der Waals surface area contributed by atoms with Crippen molar-refractivity contribution in [1.82, 2.24) is 79.7 Å². The molecule has 0 unspecified atom stereocenters. The standard InChI is InChI=1S/C11H11N5O.C11H10N4O.C10H13N5O.C5H5N5/c1-16(5-8-3-2-4-17-8)11-9-10(13-6-12-9)14-7-15-11;1-2-8(16-5-1)3-4-9-10-11(14-6-12-9)15-7-13-10;1-7(4-16)2-3-11-9-8-10(13-5-12-8)15-6-14-9;6-4-3-5(9-1-7-3)10-2-8-4/h2-4,6-7H,5H2,1H3,(H,12,13,14,15);1-2,5-7H,3-4H2,(H,12,13,14,15);2,5-6,16H,3-4H2,1H3,(H2,11,12,13,14,15);1-2H,(H3,6,7,8,9,10)/b;;7-2+;. The van der Waals surface area contributed by atoms with E-state index in [1.807, 2.05) is 49.2 Å². The number of aryl methyl sites for hydroxylation is 2. The van der Waals surface area contributed by atoms with Crippen LogP contribution in [0.1, 0.15) is 24.1 Å². The Kier molecular flexibility index (Phi) is 12.7. The summed E-state index contributed by atoms with van der Waals surface area (Å²) < 4.78 is 10.6. The Hall–Kier alpha value is -8.14. The molecule has 0 bridgehead atoms. The molecule has 0 fully saturated rings. The SMILES string of the molecule is C/C(=C\CNc1ncnc2nc[nH]c12)CO.CN(Cc1ccco1)c1ncnc2nc[nH]c12.Nc1ncnc2nc[nH]c12.c1coc(CCc2ncnc3nc[nH]c23)c1. The molecule has 0 saturated carbocycles. The Bertz CT molecular complexity index is 2820. The van der Waals surface area contributed by atoms with Crippen LogP contribution in [0.5, 0.6) is 0 Å². The Balaban J connectivity index is 0.000000121. The number of aromatic amines is 4. The highest BCUT2D eigenvalue weighted by molar-refractivity contribution is 5.83. The van der Waals surface area contributed by atoms with Crippen molar-refractivity contribution >= 4 is 62.1 Å². The summed E-state index contributed by atoms with van der Waals surface area (Å²) >= 11 is 0. The number of nitrogen functional groups attached to an aromatic ring is 1. The number of nitrogens with one attached hydrogen (secondary N) is 5. The van der Waals surface area contributed by atoms with Gasteiger partial charge in [-0.3, -0.25) is 0 Å². The third-order valence-corrected chi connectivity index (χ3v) is 8.47. The van der Waals surface area contributed by atoms with Gasteiger partial charge in [-0.05, 0) is 37.6 Å². The summed E-state index contributed by atoms with van der Waals surface area (Å²) in [7, 11) is 1.95. The van der Waals surface area contributed by atoms with E-state index in [1.54, 1.807) is 37.8 Å². The van der Waals surface area contributed by atoms with Crippen LogP contribution in [-0.4, -0.2) is 105 Å². The number of imidazole rings is 4. The zero-order valence-electron chi connectivity index (χ0n) is 31.9. The van der Waals surface area contributed by atoms with Crippen molar-refractivity contribution in [2.45, 2.75) is 26.3 Å². The van der Waals surface area contributed by atoms with Crippen molar-refractivity contribution in [2.24, 2.45) is 0 Å². The molecule has 0 aliphatic rings. The number of furan rings is 2. The van der Waals surface area contributed by atoms with E-state index in [4.69, 9.17) is 19.7 Å². The molecule has 10 rings (SSSR count). The van der Waals surface area contributed by atoms with E-state index in [2.05, 4.69) is 85.1 Å². The summed E-state index contributed by atoms with van der Waals surface area (Å²) in [5, 5.41) is 12.0. The van der Waals surface area contributed by atoms with Gasteiger partial charge in [-0.2, -0.15) is 0 Å². The van der Waals surface area contributed by atoms with E-state index in [1.165, 1.54) is 25.3 Å². The van der Waals surface area contributed by atoms with Crippen LogP contribution in [-0.2, 0) is 19.4 Å². The van der Waals surface area contributed by atoms with Crippen molar-refractivity contribution in [2.75, 3.05) is 36.1 Å². The van der Waals surface area contributed by atoms with E-state index >= 15 is 0 Å². The fourth-order valence-corrected chi connectivity index (χ4v) is 5.52. The summed E-state index contributed by atoms with van der Waals surface area (Å²) in [6.45, 7) is 3.20. The van der Waals surface area contributed by atoms with Gasteiger partial charge in [0.25, 0.3) is 0 Å². The van der Waals surface area contributed by atoms with E-state index in [0.29, 0.717) is 52.8 Å². The number of fused-ring (bicyclic) bond motifs is 4. The largest absolute Gasteiger partial charge is 0.469 e. The number of aliphatic hydroxyl groups excluding tert-OH is 1. The van der Waals surface area contributed by atoms with E-state index < -0.39 is 0 Å². The molecule has 8 N–H and O–H groups in total. The lowest BCUT2D eigenvalue weighted by molar-refractivity contribution is 0.331. The van der Waals surface area contributed by atoms with Gasteiger partial charge in [0.2, 0.25) is 0 Å². The lowest BCUT2D eigenvalue weighted by Crippen LogP contribution is -2.17. The van der Waals surface area contributed by atoms with Crippen LogP contribution in [0.15, 0.2) is 108 Å². The van der Waals surface area contributed by atoms with Crippen LogP contribution in [0.4, 0.5) is 17.5 Å². The van der Waals surface area contributed by atoms with Crippen LogP contribution >= 0.6 is 0 Å². The zero-order chi connectivity index (χ0) is 40.8. The number of H-pyrrole nitrogens is 4. The fourth-order valence-electron chi connectivity index (χ4n) is 5.52. The number of aliphatic hydroxyl groups is 1. The predicted molar refractivity (Wildman–Crippen MR) is 217 cm³/mol. The van der Waals surface area contributed by atoms with Crippen molar-refractivity contribution in [3.63, 3.8) is 0 Å². The second-order valence-electron chi connectivity index (χ2n) is 12.5. The molecule has 22 heteroatoms. The second-order valence-corrected chi connectivity index (χ2v) is 12.5. The van der Waals surface area contributed by atoms with Gasteiger partial charge in [0, 0.05) is 20.0 Å². The smallest absolute Gasteiger partial charge is 0.182 e. The minimum Gasteiger partial charge on any atom is -0.469 e. The molecule has 0 aliphatic heterocycles. The molecule has 300 valence electrons. The lowest BCUT2D eigenvalue weighted by Gasteiger charge is -2.16. The highest BCUT2D eigenvalue weighted by atomic mass is 16.3. The Morgan fingerprint density at radius 2 is 1.24 bits per heavy atom. The number of nitrogens with zero attached hydrogens (tertiary/aromatic N) is 13. The molecule has 0 saturated heterocycles. The van der Waals surface area contributed by atoms with Gasteiger partial charge in [-0.15, -0.1) is 0 Å². The average molecular weight is 798 g/mol. The maximum absolute atomic E-state index is 8.83. The molecular weight excluding hydrogens is 759 g/mol. The zero-order valence-corrected chi connectivity index (χ0v) is 31.9. The third-order valence-electron chi connectivity index (χ3n) is 8.47. The first-order valence-electron chi connectivity index (χ1n) is 18.0. The quantitative estimate of drug-likeness (QED) is 0.0963. The molecule has 0 aromatic carbocycles. The number of nitrogens with two attached hydrogens (primary N) is 1. The minimum absolute atomic E-state index is 0.0743. The second kappa shape index (κ2) is 19.1. The summed E-state index contributed by atoms with van der Waals surface area (Å²) in [6.07, 6.45) is 19.2. The van der Waals surface area contributed by atoms with Gasteiger partial charge in [0.1, 0.15) is 58.9 Å². The molecule has 0 atom stereocenters. The number of hydrogen-bond donors (Lipinski definition) is 7. The summed E-state index contributed by atoms with van der Waals surface area (Å²) in [6, 6.07) is 7.66. The summed E-state index contributed by atoms with van der Waals surface area (Å²) in [5.41, 5.74) is 13.2. The van der Waals surface area contributed by atoms with Crippen LogP contribution in [0.3, 0.4) is 0 Å². The topological polar surface area (TPSA) is 306 Å². The predicted octanol–water partition coefficient (Wildman–Crippen LogP) is 3.95. The van der Waals surface area contributed by atoms with Gasteiger partial charge in [-0.1, -0.05) is 11.6 Å². The first-order valence-corrected chi connectivity index (χ1v) is 18.0. The Morgan fingerprint density at radius 1 is 0.678 bits per heavy atom. The normalized spacial score (nSPS) is 11.1. The molecule has 0 amide bonds. The average Bonchev–Trinajstić information content (AvgIpc) is 4.12. The highest BCUT2D eigenvalue weighted by Gasteiger charge is 2.12. The van der Waals surface area contributed by atoms with Crippen LogP contribution in [0, 0.1) is 0 Å². The molecule has 0 radical (unpaired) electrons. The van der Waals surface area contributed by atoms with Crippen molar-refractivity contribution in [3.8, 4) is 0 Å². The highest BCUT2D eigenvalue weighted by Crippen LogP contribution is 2.20. The molecule has 22 nitrogen and oxygen atoms in total. The fraction of sp³-hybridized carbons (Fsp3) is 0.189.